The maximum absolute atomic E-state index is 12.2. The van der Waals surface area contributed by atoms with Crippen LogP contribution in [0.4, 0.5) is 0 Å². The van der Waals surface area contributed by atoms with E-state index in [0.29, 0.717) is 6.61 Å². The first kappa shape index (κ1) is 10.9. The molecule has 2 unspecified atom stereocenters. The highest BCUT2D eigenvalue weighted by Gasteiger charge is 2.59. The van der Waals surface area contributed by atoms with Gasteiger partial charge in [-0.15, -0.1) is 0 Å². The Hall–Kier alpha value is -0.610. The summed E-state index contributed by atoms with van der Waals surface area (Å²) in [7, 11) is 1.68. The zero-order valence-corrected chi connectivity index (χ0v) is 9.75. The number of carbonyl (C=O) groups is 1. The summed E-state index contributed by atoms with van der Waals surface area (Å²) < 4.78 is 5.12. The summed E-state index contributed by atoms with van der Waals surface area (Å²) in [4.78, 5) is 14.2. The molecule has 1 saturated heterocycles. The first-order valence-corrected chi connectivity index (χ1v) is 5.74. The molecule has 1 spiro atoms. The highest BCUT2D eigenvalue weighted by atomic mass is 16.5. The van der Waals surface area contributed by atoms with Crippen molar-refractivity contribution in [1.29, 1.82) is 0 Å². The Labute approximate surface area is 91.0 Å². The molecule has 0 bridgehead atoms. The van der Waals surface area contributed by atoms with E-state index < -0.39 is 0 Å². The Morgan fingerprint density at radius 1 is 1.67 bits per heavy atom. The molecule has 2 rings (SSSR count). The Kier molecular flexibility index (Phi) is 2.73. The number of amides is 1. The Balaban J connectivity index is 2.10. The van der Waals surface area contributed by atoms with Crippen molar-refractivity contribution < 1.29 is 9.53 Å². The van der Waals surface area contributed by atoms with E-state index in [1.54, 1.807) is 7.11 Å². The summed E-state index contributed by atoms with van der Waals surface area (Å²) in [6, 6.07) is 0.167. The van der Waals surface area contributed by atoms with E-state index >= 15 is 0 Å². The monoisotopic (exact) mass is 212 g/mol. The molecule has 2 atom stereocenters. The molecule has 4 nitrogen and oxygen atoms in total. The van der Waals surface area contributed by atoms with Crippen LogP contribution in [0.15, 0.2) is 0 Å². The SMILES string of the molecule is CCC1NC2(CC2)C(=O)N1C(C)COC. The summed E-state index contributed by atoms with van der Waals surface area (Å²) in [6.07, 6.45) is 3.16. The topological polar surface area (TPSA) is 41.6 Å². The molecule has 2 fully saturated rings. The fraction of sp³-hybridized carbons (Fsp3) is 0.909. The van der Waals surface area contributed by atoms with Gasteiger partial charge in [-0.3, -0.25) is 10.1 Å². The second kappa shape index (κ2) is 3.76. The Bertz CT molecular complexity index is 263. The zero-order chi connectivity index (χ0) is 11.1. The van der Waals surface area contributed by atoms with E-state index in [4.69, 9.17) is 4.74 Å². The summed E-state index contributed by atoms with van der Waals surface area (Å²) in [5.41, 5.74) is -0.192. The average Bonchev–Trinajstić information content (AvgIpc) is 2.91. The third-order valence-corrected chi connectivity index (χ3v) is 3.44. The minimum atomic E-state index is -0.192. The van der Waals surface area contributed by atoms with E-state index in [9.17, 15) is 4.79 Å². The van der Waals surface area contributed by atoms with Crippen molar-refractivity contribution >= 4 is 5.91 Å². The number of ether oxygens (including phenoxy) is 1. The van der Waals surface area contributed by atoms with Crippen molar-refractivity contribution in [2.45, 2.75) is 50.9 Å². The lowest BCUT2D eigenvalue weighted by Gasteiger charge is -2.29. The number of rotatable bonds is 4. The van der Waals surface area contributed by atoms with E-state index in [1.807, 2.05) is 11.8 Å². The number of carbonyl (C=O) groups excluding carboxylic acids is 1. The Morgan fingerprint density at radius 2 is 2.33 bits per heavy atom. The number of nitrogens with one attached hydrogen (secondary N) is 1. The molecule has 2 aliphatic rings. The molecule has 1 amide bonds. The van der Waals surface area contributed by atoms with E-state index in [0.717, 1.165) is 19.3 Å². The van der Waals surface area contributed by atoms with Crippen LogP contribution in [0.3, 0.4) is 0 Å². The lowest BCUT2D eigenvalue weighted by atomic mass is 10.2. The molecule has 1 heterocycles. The summed E-state index contributed by atoms with van der Waals surface area (Å²) in [6.45, 7) is 4.77. The molecule has 0 aromatic heterocycles. The highest BCUT2D eigenvalue weighted by molar-refractivity contribution is 5.92. The van der Waals surface area contributed by atoms with Crippen LogP contribution in [0.2, 0.25) is 0 Å². The van der Waals surface area contributed by atoms with Crippen molar-refractivity contribution in [3.63, 3.8) is 0 Å². The van der Waals surface area contributed by atoms with Crippen LogP contribution < -0.4 is 5.32 Å². The van der Waals surface area contributed by atoms with Crippen LogP contribution >= 0.6 is 0 Å². The molecule has 15 heavy (non-hydrogen) atoms. The van der Waals surface area contributed by atoms with Gasteiger partial charge in [-0.05, 0) is 26.2 Å². The van der Waals surface area contributed by atoms with Crippen molar-refractivity contribution in [2.75, 3.05) is 13.7 Å². The Morgan fingerprint density at radius 3 is 2.80 bits per heavy atom. The lowest BCUT2D eigenvalue weighted by molar-refractivity contribution is -0.133. The van der Waals surface area contributed by atoms with Gasteiger partial charge >= 0.3 is 0 Å². The molecule has 0 radical (unpaired) electrons. The number of nitrogens with zero attached hydrogens (tertiary/aromatic N) is 1. The highest BCUT2D eigenvalue weighted by Crippen LogP contribution is 2.43. The molecule has 86 valence electrons. The molecule has 0 aromatic carbocycles. The maximum Gasteiger partial charge on any atom is 0.244 e. The van der Waals surface area contributed by atoms with Crippen LogP contribution in [0, 0.1) is 0 Å². The van der Waals surface area contributed by atoms with E-state index in [-0.39, 0.29) is 23.7 Å². The molecule has 1 aliphatic heterocycles. The van der Waals surface area contributed by atoms with Crippen molar-refractivity contribution in [2.24, 2.45) is 0 Å². The van der Waals surface area contributed by atoms with Crippen molar-refractivity contribution in [3.8, 4) is 0 Å². The average molecular weight is 212 g/mol. The smallest absolute Gasteiger partial charge is 0.244 e. The second-order valence-corrected chi connectivity index (χ2v) is 4.67. The normalized spacial score (nSPS) is 29.9. The number of methoxy groups -OCH3 is 1. The first-order valence-electron chi connectivity index (χ1n) is 5.74. The second-order valence-electron chi connectivity index (χ2n) is 4.67. The number of hydrogen-bond acceptors (Lipinski definition) is 3. The van der Waals surface area contributed by atoms with Crippen molar-refractivity contribution in [1.82, 2.24) is 10.2 Å². The predicted octanol–water partition coefficient (Wildman–Crippen LogP) is 0.722. The van der Waals surface area contributed by atoms with Crippen LogP contribution in [0.25, 0.3) is 0 Å². The van der Waals surface area contributed by atoms with Gasteiger partial charge in [-0.1, -0.05) is 6.92 Å². The fourth-order valence-corrected chi connectivity index (χ4v) is 2.45. The first-order chi connectivity index (χ1) is 7.14. The van der Waals surface area contributed by atoms with Gasteiger partial charge in [0.1, 0.15) is 0 Å². The molecule has 1 aliphatic carbocycles. The van der Waals surface area contributed by atoms with Crippen LogP contribution in [0.5, 0.6) is 0 Å². The molecule has 0 aromatic rings. The third kappa shape index (κ3) is 1.66. The van der Waals surface area contributed by atoms with Crippen LogP contribution in [-0.4, -0.2) is 42.3 Å². The van der Waals surface area contributed by atoms with Gasteiger partial charge in [0, 0.05) is 7.11 Å². The van der Waals surface area contributed by atoms with Crippen LogP contribution in [-0.2, 0) is 9.53 Å². The molecule has 4 heteroatoms. The third-order valence-electron chi connectivity index (χ3n) is 3.44. The number of hydrogen-bond donors (Lipinski definition) is 1. The van der Waals surface area contributed by atoms with Gasteiger partial charge < -0.3 is 9.64 Å². The summed E-state index contributed by atoms with van der Waals surface area (Å²) >= 11 is 0. The zero-order valence-electron chi connectivity index (χ0n) is 9.75. The molecular formula is C11H20N2O2. The summed E-state index contributed by atoms with van der Waals surface area (Å²) in [5, 5.41) is 3.45. The van der Waals surface area contributed by atoms with E-state index in [2.05, 4.69) is 12.2 Å². The minimum Gasteiger partial charge on any atom is -0.383 e. The minimum absolute atomic E-state index is 0.167. The van der Waals surface area contributed by atoms with Gasteiger partial charge in [-0.2, -0.15) is 0 Å². The van der Waals surface area contributed by atoms with Gasteiger partial charge in [0.05, 0.1) is 24.4 Å². The van der Waals surface area contributed by atoms with Gasteiger partial charge in [-0.25, -0.2) is 0 Å². The largest absolute Gasteiger partial charge is 0.383 e. The van der Waals surface area contributed by atoms with Gasteiger partial charge in [0.2, 0.25) is 5.91 Å². The van der Waals surface area contributed by atoms with Crippen LogP contribution in [0.1, 0.15) is 33.1 Å². The molecule has 1 N–H and O–H groups in total. The fourth-order valence-electron chi connectivity index (χ4n) is 2.45. The van der Waals surface area contributed by atoms with E-state index in [1.165, 1.54) is 0 Å². The quantitative estimate of drug-likeness (QED) is 0.746. The van der Waals surface area contributed by atoms with Gasteiger partial charge in [0.25, 0.3) is 0 Å². The lowest BCUT2D eigenvalue weighted by Crippen LogP contribution is -2.44. The predicted molar refractivity (Wildman–Crippen MR) is 57.4 cm³/mol. The van der Waals surface area contributed by atoms with Crippen molar-refractivity contribution in [3.05, 3.63) is 0 Å². The van der Waals surface area contributed by atoms with Gasteiger partial charge in [0.15, 0.2) is 0 Å². The molecular weight excluding hydrogens is 192 g/mol. The standard InChI is InChI=1S/C11H20N2O2/c1-4-9-12-11(5-6-11)10(14)13(9)8(2)7-15-3/h8-9,12H,4-7H2,1-3H3. The summed E-state index contributed by atoms with van der Waals surface area (Å²) in [5.74, 6) is 0.277. The molecule has 1 saturated carbocycles. The maximum atomic E-state index is 12.2.